The largest absolute Gasteiger partial charge is 0.387 e. The van der Waals surface area contributed by atoms with E-state index in [4.69, 9.17) is 0 Å². The van der Waals surface area contributed by atoms with E-state index >= 15 is 0 Å². The first-order chi connectivity index (χ1) is 12.6. The van der Waals surface area contributed by atoms with E-state index < -0.39 is 27.0 Å². The predicted octanol–water partition coefficient (Wildman–Crippen LogP) is 1.31. The Kier molecular flexibility index (Phi) is 6.26. The van der Waals surface area contributed by atoms with Gasteiger partial charge in [-0.1, -0.05) is 6.07 Å². The summed E-state index contributed by atoms with van der Waals surface area (Å²) in [6.07, 6.45) is -1.07. The molecule has 0 spiro atoms. The van der Waals surface area contributed by atoms with Gasteiger partial charge < -0.3 is 10.4 Å². The van der Waals surface area contributed by atoms with Crippen molar-refractivity contribution in [3.63, 3.8) is 0 Å². The maximum absolute atomic E-state index is 12.3. The van der Waals surface area contributed by atoms with Crippen molar-refractivity contribution in [2.24, 2.45) is 0 Å². The number of hydrogen-bond donors (Lipinski definition) is 2. The van der Waals surface area contributed by atoms with Crippen molar-refractivity contribution in [3.8, 4) is 0 Å². The Morgan fingerprint density at radius 3 is 2.41 bits per heavy atom. The molecule has 9 nitrogen and oxygen atoms in total. The summed E-state index contributed by atoms with van der Waals surface area (Å²) >= 11 is 0. The number of aliphatic hydroxyl groups is 1. The third-order valence-corrected chi connectivity index (χ3v) is 5.63. The Hall–Kier alpha value is -2.82. The summed E-state index contributed by atoms with van der Waals surface area (Å²) < 4.78 is 25.3. The molecular weight excluding hydrogens is 374 g/mol. The molecular formula is C17H19N3O6S. The number of nitro benzene ring substituents is 1. The summed E-state index contributed by atoms with van der Waals surface area (Å²) in [4.78, 5) is 22.3. The van der Waals surface area contributed by atoms with E-state index in [1.807, 2.05) is 0 Å². The SMILES string of the molecule is CN(C)S(=O)(=O)c1cccc(C(=O)NC[C@H](O)c2ccc([N+](=O)[O-])cc2)c1. The lowest BCUT2D eigenvalue weighted by Gasteiger charge is -2.14. The number of hydrogen-bond acceptors (Lipinski definition) is 6. The van der Waals surface area contributed by atoms with Crippen molar-refractivity contribution in [3.05, 3.63) is 69.8 Å². The van der Waals surface area contributed by atoms with Gasteiger partial charge in [-0.15, -0.1) is 0 Å². The van der Waals surface area contributed by atoms with Gasteiger partial charge >= 0.3 is 0 Å². The lowest BCUT2D eigenvalue weighted by atomic mass is 10.1. The number of carbonyl (C=O) groups excluding carboxylic acids is 1. The van der Waals surface area contributed by atoms with Gasteiger partial charge in [-0.25, -0.2) is 12.7 Å². The Labute approximate surface area is 156 Å². The zero-order valence-electron chi connectivity index (χ0n) is 14.7. The highest BCUT2D eigenvalue weighted by molar-refractivity contribution is 7.89. The maximum Gasteiger partial charge on any atom is 0.269 e. The van der Waals surface area contributed by atoms with Crippen molar-refractivity contribution in [1.82, 2.24) is 9.62 Å². The Balaban J connectivity index is 2.06. The number of amides is 1. The second-order valence-corrected chi connectivity index (χ2v) is 8.04. The van der Waals surface area contributed by atoms with Crippen LogP contribution in [0.4, 0.5) is 5.69 Å². The fourth-order valence-corrected chi connectivity index (χ4v) is 3.18. The van der Waals surface area contributed by atoms with E-state index in [0.29, 0.717) is 5.56 Å². The molecule has 2 N–H and O–H groups in total. The van der Waals surface area contributed by atoms with E-state index in [1.54, 1.807) is 0 Å². The summed E-state index contributed by atoms with van der Waals surface area (Å²) in [6.45, 7) is -0.138. The quantitative estimate of drug-likeness (QED) is 0.539. The number of rotatable bonds is 7. The molecule has 1 atom stereocenters. The molecule has 0 heterocycles. The van der Waals surface area contributed by atoms with Crippen LogP contribution in [-0.2, 0) is 10.0 Å². The molecule has 0 aliphatic heterocycles. The van der Waals surface area contributed by atoms with Gasteiger partial charge in [0.25, 0.3) is 11.6 Å². The summed E-state index contributed by atoms with van der Waals surface area (Å²) in [5, 5.41) is 23.3. The lowest BCUT2D eigenvalue weighted by Crippen LogP contribution is -2.29. The van der Waals surface area contributed by atoms with Crippen LogP contribution in [-0.4, -0.2) is 49.3 Å². The van der Waals surface area contributed by atoms with Gasteiger partial charge in [0.15, 0.2) is 0 Å². The van der Waals surface area contributed by atoms with E-state index in [2.05, 4.69) is 5.32 Å². The molecule has 0 fully saturated rings. The summed E-state index contributed by atoms with van der Waals surface area (Å²) in [7, 11) is -0.886. The second kappa shape index (κ2) is 8.25. The third-order valence-electron chi connectivity index (χ3n) is 3.82. The number of benzene rings is 2. The minimum Gasteiger partial charge on any atom is -0.387 e. The summed E-state index contributed by atoms with van der Waals surface area (Å²) in [5.74, 6) is -0.549. The molecule has 2 aromatic rings. The summed E-state index contributed by atoms with van der Waals surface area (Å²) in [6, 6.07) is 10.9. The van der Waals surface area contributed by atoms with Crippen LogP contribution < -0.4 is 5.32 Å². The number of nitrogens with zero attached hydrogens (tertiary/aromatic N) is 2. The fraction of sp³-hybridized carbons (Fsp3) is 0.235. The zero-order valence-corrected chi connectivity index (χ0v) is 15.5. The second-order valence-electron chi connectivity index (χ2n) is 5.89. The van der Waals surface area contributed by atoms with Crippen LogP contribution in [0.2, 0.25) is 0 Å². The molecule has 2 rings (SSSR count). The first-order valence-electron chi connectivity index (χ1n) is 7.86. The number of aliphatic hydroxyl groups excluding tert-OH is 1. The molecule has 0 radical (unpaired) electrons. The Morgan fingerprint density at radius 2 is 1.85 bits per heavy atom. The average molecular weight is 393 g/mol. The van der Waals surface area contributed by atoms with Crippen LogP contribution in [0.1, 0.15) is 22.0 Å². The summed E-state index contributed by atoms with van der Waals surface area (Å²) in [5.41, 5.74) is 0.438. The Morgan fingerprint density at radius 1 is 1.22 bits per heavy atom. The average Bonchev–Trinajstić information content (AvgIpc) is 2.65. The number of nitro groups is 1. The fourth-order valence-electron chi connectivity index (χ4n) is 2.24. The molecule has 0 aliphatic rings. The first kappa shape index (κ1) is 20.5. The van der Waals surface area contributed by atoms with Crippen LogP contribution >= 0.6 is 0 Å². The molecule has 0 aliphatic carbocycles. The van der Waals surface area contributed by atoms with E-state index in [1.165, 1.54) is 62.6 Å². The van der Waals surface area contributed by atoms with Gasteiger partial charge in [-0.05, 0) is 35.9 Å². The van der Waals surface area contributed by atoms with Crippen molar-refractivity contribution in [2.45, 2.75) is 11.0 Å². The van der Waals surface area contributed by atoms with E-state index in [9.17, 15) is 28.4 Å². The zero-order chi connectivity index (χ0) is 20.2. The normalized spacial score (nSPS) is 12.6. The van der Waals surface area contributed by atoms with Crippen LogP contribution in [0.3, 0.4) is 0 Å². The Bertz CT molecular complexity index is 941. The third kappa shape index (κ3) is 4.88. The molecule has 144 valence electrons. The lowest BCUT2D eigenvalue weighted by molar-refractivity contribution is -0.384. The van der Waals surface area contributed by atoms with Gasteiger partial charge in [0, 0.05) is 38.3 Å². The van der Waals surface area contributed by atoms with Gasteiger partial charge in [0.2, 0.25) is 10.0 Å². The van der Waals surface area contributed by atoms with Crippen LogP contribution in [0.25, 0.3) is 0 Å². The number of nitrogens with one attached hydrogen (secondary N) is 1. The molecule has 0 bridgehead atoms. The molecule has 0 aromatic heterocycles. The molecule has 10 heteroatoms. The number of carbonyl (C=O) groups is 1. The van der Waals surface area contributed by atoms with Gasteiger partial charge in [0.05, 0.1) is 15.9 Å². The number of non-ortho nitro benzene ring substituents is 1. The van der Waals surface area contributed by atoms with Crippen molar-refractivity contribution < 1.29 is 23.2 Å². The minimum absolute atomic E-state index is 0.0175. The van der Waals surface area contributed by atoms with Crippen LogP contribution in [0.15, 0.2) is 53.4 Å². The minimum atomic E-state index is -3.67. The highest BCUT2D eigenvalue weighted by atomic mass is 32.2. The standard InChI is InChI=1S/C17H19N3O6S/c1-19(2)27(25,26)15-5-3-4-13(10-15)17(22)18-11-16(21)12-6-8-14(9-7-12)20(23)24/h3-10,16,21H,11H2,1-2H3,(H,18,22)/t16-/m0/s1. The smallest absolute Gasteiger partial charge is 0.269 e. The van der Waals surface area contributed by atoms with E-state index in [-0.39, 0.29) is 22.7 Å². The molecule has 2 aromatic carbocycles. The monoisotopic (exact) mass is 393 g/mol. The van der Waals surface area contributed by atoms with Crippen molar-refractivity contribution in [2.75, 3.05) is 20.6 Å². The maximum atomic E-state index is 12.3. The highest BCUT2D eigenvalue weighted by Gasteiger charge is 2.19. The van der Waals surface area contributed by atoms with Crippen molar-refractivity contribution in [1.29, 1.82) is 0 Å². The van der Waals surface area contributed by atoms with Crippen LogP contribution in [0, 0.1) is 10.1 Å². The predicted molar refractivity (Wildman–Crippen MR) is 97.7 cm³/mol. The first-order valence-corrected chi connectivity index (χ1v) is 9.30. The molecule has 0 unspecified atom stereocenters. The van der Waals surface area contributed by atoms with Gasteiger partial charge in [0.1, 0.15) is 0 Å². The molecule has 0 saturated heterocycles. The van der Waals surface area contributed by atoms with Gasteiger partial charge in [-0.2, -0.15) is 0 Å². The number of sulfonamides is 1. The topological polar surface area (TPSA) is 130 Å². The molecule has 27 heavy (non-hydrogen) atoms. The molecule has 0 saturated carbocycles. The molecule has 1 amide bonds. The van der Waals surface area contributed by atoms with E-state index in [0.717, 1.165) is 4.31 Å². The highest BCUT2D eigenvalue weighted by Crippen LogP contribution is 2.18. The van der Waals surface area contributed by atoms with Crippen molar-refractivity contribution >= 4 is 21.6 Å². The van der Waals surface area contributed by atoms with Crippen LogP contribution in [0.5, 0.6) is 0 Å². The van der Waals surface area contributed by atoms with Gasteiger partial charge in [-0.3, -0.25) is 14.9 Å².